The van der Waals surface area contributed by atoms with Gasteiger partial charge in [-0.3, -0.25) is 0 Å². The van der Waals surface area contributed by atoms with E-state index in [2.05, 4.69) is 204 Å². The maximum atomic E-state index is 2.44. The molecule has 2 nitrogen and oxygen atoms in total. The number of hydrogen-bond acceptors (Lipinski definition) is 1. The Bertz CT molecular complexity index is 2790. The van der Waals surface area contributed by atoms with Gasteiger partial charge in [0.15, 0.2) is 0 Å². The molecule has 9 aromatic carbocycles. The van der Waals surface area contributed by atoms with Gasteiger partial charge in [-0.2, -0.15) is 0 Å². The van der Waals surface area contributed by atoms with E-state index in [4.69, 9.17) is 0 Å². The molecule has 2 heteroatoms. The predicted octanol–water partition coefficient (Wildman–Crippen LogP) is 13.4. The molecule has 10 rings (SSSR count). The highest BCUT2D eigenvalue weighted by molar-refractivity contribution is 6.24. The van der Waals surface area contributed by atoms with E-state index in [1.54, 1.807) is 0 Å². The molecule has 0 saturated heterocycles. The molecule has 0 radical (unpaired) electrons. The number of benzene rings is 9. The van der Waals surface area contributed by atoms with Crippen molar-refractivity contribution in [3.63, 3.8) is 0 Å². The lowest BCUT2D eigenvalue weighted by Crippen LogP contribution is -2.11. The van der Waals surface area contributed by atoms with E-state index >= 15 is 0 Å². The smallest absolute Gasteiger partial charge is 0.0625 e. The van der Waals surface area contributed by atoms with Gasteiger partial charge in [-0.05, 0) is 75.8 Å². The fourth-order valence-corrected chi connectivity index (χ4v) is 7.93. The third-order valence-corrected chi connectivity index (χ3v) is 10.1. The lowest BCUT2D eigenvalue weighted by molar-refractivity contribution is 1.19. The van der Waals surface area contributed by atoms with Crippen LogP contribution in [0.1, 0.15) is 0 Å². The summed E-state index contributed by atoms with van der Waals surface area (Å²) in [6.45, 7) is 0. The van der Waals surface area contributed by atoms with Crippen molar-refractivity contribution < 1.29 is 0 Å². The molecular weight excluding hydrogens is 605 g/mol. The molecule has 0 spiro atoms. The maximum absolute atomic E-state index is 2.44. The first-order valence-corrected chi connectivity index (χ1v) is 17.2. The van der Waals surface area contributed by atoms with Crippen LogP contribution in [0.25, 0.3) is 70.9 Å². The Morgan fingerprint density at radius 1 is 0.380 bits per heavy atom. The molecule has 0 atom stereocenters. The Morgan fingerprint density at radius 3 is 1.62 bits per heavy atom. The summed E-state index contributed by atoms with van der Waals surface area (Å²) in [5, 5.41) is 9.85. The molecule has 0 amide bonds. The first kappa shape index (κ1) is 28.4. The summed E-state index contributed by atoms with van der Waals surface area (Å²) in [6, 6.07) is 70.5. The number of hydrogen-bond donors (Lipinski definition) is 0. The van der Waals surface area contributed by atoms with E-state index in [1.807, 2.05) is 0 Å². The number of anilines is 3. The largest absolute Gasteiger partial charge is 0.309 e. The van der Waals surface area contributed by atoms with Crippen molar-refractivity contribution in [3.8, 4) is 16.8 Å². The fourth-order valence-electron chi connectivity index (χ4n) is 7.93. The van der Waals surface area contributed by atoms with Crippen LogP contribution in [0, 0.1) is 0 Å². The molecule has 50 heavy (non-hydrogen) atoms. The molecule has 0 saturated carbocycles. The van der Waals surface area contributed by atoms with Crippen molar-refractivity contribution >= 4 is 71.2 Å². The average Bonchev–Trinajstić information content (AvgIpc) is 3.54. The lowest BCUT2D eigenvalue weighted by Gasteiger charge is -2.28. The van der Waals surface area contributed by atoms with E-state index in [9.17, 15) is 0 Å². The molecular formula is C48H32N2. The predicted molar refractivity (Wildman–Crippen MR) is 213 cm³/mol. The molecule has 0 N–H and O–H groups in total. The summed E-state index contributed by atoms with van der Waals surface area (Å²) in [4.78, 5) is 2.44. The zero-order valence-corrected chi connectivity index (χ0v) is 27.4. The summed E-state index contributed by atoms with van der Waals surface area (Å²) < 4.78 is 2.44. The highest BCUT2D eigenvalue weighted by Gasteiger charge is 2.21. The Morgan fingerprint density at radius 2 is 0.920 bits per heavy atom. The summed E-state index contributed by atoms with van der Waals surface area (Å²) in [7, 11) is 0. The van der Waals surface area contributed by atoms with Crippen molar-refractivity contribution in [2.75, 3.05) is 4.90 Å². The van der Waals surface area contributed by atoms with Crippen molar-refractivity contribution in [2.24, 2.45) is 0 Å². The summed E-state index contributed by atoms with van der Waals surface area (Å²) in [5.41, 5.74) is 9.42. The molecule has 0 unspecified atom stereocenters. The van der Waals surface area contributed by atoms with Gasteiger partial charge in [-0.15, -0.1) is 0 Å². The minimum Gasteiger partial charge on any atom is -0.309 e. The van der Waals surface area contributed by atoms with Gasteiger partial charge in [0.2, 0.25) is 0 Å². The monoisotopic (exact) mass is 636 g/mol. The highest BCUT2D eigenvalue weighted by Crippen LogP contribution is 2.46. The van der Waals surface area contributed by atoms with Crippen molar-refractivity contribution in [1.29, 1.82) is 0 Å². The van der Waals surface area contributed by atoms with Crippen LogP contribution < -0.4 is 4.90 Å². The van der Waals surface area contributed by atoms with Gasteiger partial charge in [0.25, 0.3) is 0 Å². The molecule has 0 fully saturated rings. The van der Waals surface area contributed by atoms with Gasteiger partial charge >= 0.3 is 0 Å². The number of nitrogens with zero attached hydrogens (tertiary/aromatic N) is 2. The molecule has 1 heterocycles. The Kier molecular flexibility index (Phi) is 6.53. The van der Waals surface area contributed by atoms with Gasteiger partial charge in [0.1, 0.15) is 0 Å². The van der Waals surface area contributed by atoms with Crippen LogP contribution in [0.5, 0.6) is 0 Å². The van der Waals surface area contributed by atoms with E-state index < -0.39 is 0 Å². The molecule has 1 aromatic heterocycles. The topological polar surface area (TPSA) is 8.17 Å². The molecule has 0 aliphatic carbocycles. The van der Waals surface area contributed by atoms with Gasteiger partial charge in [-0.25, -0.2) is 0 Å². The third-order valence-electron chi connectivity index (χ3n) is 10.1. The number of para-hydroxylation sites is 2. The van der Waals surface area contributed by atoms with Gasteiger partial charge in [0, 0.05) is 38.3 Å². The normalized spacial score (nSPS) is 11.6. The van der Waals surface area contributed by atoms with E-state index in [0.29, 0.717) is 0 Å². The summed E-state index contributed by atoms with van der Waals surface area (Å²) in [5.74, 6) is 0. The second-order valence-corrected chi connectivity index (χ2v) is 12.9. The van der Waals surface area contributed by atoms with Crippen LogP contribution >= 0.6 is 0 Å². The zero-order chi connectivity index (χ0) is 33.0. The summed E-state index contributed by atoms with van der Waals surface area (Å²) >= 11 is 0. The van der Waals surface area contributed by atoms with E-state index in [0.717, 1.165) is 22.7 Å². The minimum atomic E-state index is 1.11. The van der Waals surface area contributed by atoms with Gasteiger partial charge < -0.3 is 9.47 Å². The summed E-state index contributed by atoms with van der Waals surface area (Å²) in [6.07, 6.45) is 0. The van der Waals surface area contributed by atoms with Crippen molar-refractivity contribution in [2.45, 2.75) is 0 Å². The average molecular weight is 637 g/mol. The standard InChI is InChI=1S/C48H32N2/c1-2-21-37(22-3-1)50-46-28-11-10-27-42(46)47-43(32-36-17-6-9-26-41(36)48(47)50)35-20-12-23-38(31-35)49(44-29-13-18-33-15-4-7-24-39(33)44)45-30-14-19-34-16-5-8-25-40(34)45/h1-32H. The zero-order valence-electron chi connectivity index (χ0n) is 27.4. The van der Waals surface area contributed by atoms with Crippen LogP contribution in [0.3, 0.4) is 0 Å². The van der Waals surface area contributed by atoms with Crippen LogP contribution in [0.2, 0.25) is 0 Å². The molecule has 0 bridgehead atoms. The molecule has 0 aliphatic heterocycles. The quantitative estimate of drug-likeness (QED) is 0.182. The third kappa shape index (κ3) is 4.43. The Balaban J connectivity index is 1.29. The maximum Gasteiger partial charge on any atom is 0.0625 e. The number of aromatic nitrogens is 1. The molecule has 10 aromatic rings. The SMILES string of the molecule is c1ccc(-n2c3ccccc3c3c(-c4cccc(N(c5cccc6ccccc56)c5cccc6ccccc56)c4)cc4ccccc4c32)cc1. The lowest BCUT2D eigenvalue weighted by atomic mass is 9.94. The minimum absolute atomic E-state index is 1.11. The van der Waals surface area contributed by atoms with Crippen LogP contribution in [-0.4, -0.2) is 4.57 Å². The van der Waals surface area contributed by atoms with Crippen molar-refractivity contribution in [1.82, 2.24) is 4.57 Å². The van der Waals surface area contributed by atoms with E-state index in [1.165, 1.54) is 65.3 Å². The second-order valence-electron chi connectivity index (χ2n) is 12.9. The van der Waals surface area contributed by atoms with Crippen molar-refractivity contribution in [3.05, 3.63) is 194 Å². The first-order valence-electron chi connectivity index (χ1n) is 17.2. The van der Waals surface area contributed by atoms with Crippen LogP contribution in [0.15, 0.2) is 194 Å². The number of rotatable bonds is 5. The van der Waals surface area contributed by atoms with Crippen LogP contribution in [0.4, 0.5) is 17.1 Å². The highest BCUT2D eigenvalue weighted by atomic mass is 15.1. The second kappa shape index (κ2) is 11.5. The fraction of sp³-hybridized carbons (Fsp3) is 0. The molecule has 0 aliphatic rings. The number of fused-ring (bicyclic) bond motifs is 7. The van der Waals surface area contributed by atoms with E-state index in [-0.39, 0.29) is 0 Å². The van der Waals surface area contributed by atoms with Crippen LogP contribution in [-0.2, 0) is 0 Å². The Hall–Kier alpha value is -6.64. The first-order chi connectivity index (χ1) is 24.8. The molecule has 234 valence electrons. The van der Waals surface area contributed by atoms with Gasteiger partial charge in [0.05, 0.1) is 22.4 Å². The Labute approximate surface area is 290 Å². The van der Waals surface area contributed by atoms with Gasteiger partial charge in [-0.1, -0.05) is 146 Å².